The van der Waals surface area contributed by atoms with Gasteiger partial charge in [-0.1, -0.05) is 84.9 Å². The second-order valence-corrected chi connectivity index (χ2v) is 10.5. The average molecular weight is 540 g/mol. The summed E-state index contributed by atoms with van der Waals surface area (Å²) in [5.41, 5.74) is 5.91. The van der Waals surface area contributed by atoms with Crippen molar-refractivity contribution in [2.75, 3.05) is 0 Å². The van der Waals surface area contributed by atoms with E-state index in [9.17, 15) is 0 Å². The predicted molar refractivity (Wildman–Crippen MR) is 168 cm³/mol. The molecule has 3 aromatic heterocycles. The van der Waals surface area contributed by atoms with Gasteiger partial charge >= 0.3 is 0 Å². The topological polar surface area (TPSA) is 65.0 Å². The Morgan fingerprint density at radius 3 is 1.81 bits per heavy atom. The molecule has 0 N–H and O–H groups in total. The lowest BCUT2D eigenvalue weighted by molar-refractivity contribution is 0.669. The molecule has 6 aromatic carbocycles. The van der Waals surface area contributed by atoms with Crippen LogP contribution >= 0.6 is 0 Å². The molecule has 0 unspecified atom stereocenters. The number of benzene rings is 6. The van der Waals surface area contributed by atoms with Crippen molar-refractivity contribution >= 4 is 54.6 Å². The van der Waals surface area contributed by atoms with E-state index >= 15 is 0 Å². The van der Waals surface area contributed by atoms with Crippen molar-refractivity contribution < 1.29 is 8.83 Å². The fourth-order valence-corrected chi connectivity index (χ4v) is 5.87. The second-order valence-electron chi connectivity index (χ2n) is 10.5. The minimum Gasteiger partial charge on any atom is -0.456 e. The van der Waals surface area contributed by atoms with E-state index in [1.807, 2.05) is 72.8 Å². The summed E-state index contributed by atoms with van der Waals surface area (Å²) < 4.78 is 12.5. The molecule has 3 heterocycles. The summed E-state index contributed by atoms with van der Waals surface area (Å²) in [6.07, 6.45) is 0. The van der Waals surface area contributed by atoms with E-state index in [1.165, 1.54) is 5.39 Å². The molecule has 0 saturated heterocycles. The smallest absolute Gasteiger partial charge is 0.167 e. The zero-order valence-corrected chi connectivity index (χ0v) is 22.3. The minimum atomic E-state index is 0.560. The number of hydrogen-bond acceptors (Lipinski definition) is 5. The van der Waals surface area contributed by atoms with Crippen molar-refractivity contribution in [3.05, 3.63) is 127 Å². The van der Waals surface area contributed by atoms with Crippen LogP contribution in [0.25, 0.3) is 88.8 Å². The molecule has 0 bridgehead atoms. The molecule has 0 aliphatic heterocycles. The monoisotopic (exact) mass is 539 g/mol. The number of fused-ring (bicyclic) bond motifs is 7. The highest BCUT2D eigenvalue weighted by atomic mass is 16.3. The molecule has 5 heteroatoms. The predicted octanol–water partition coefficient (Wildman–Crippen LogP) is 9.82. The molecular weight excluding hydrogens is 518 g/mol. The van der Waals surface area contributed by atoms with Crippen molar-refractivity contribution in [1.82, 2.24) is 15.0 Å². The largest absolute Gasteiger partial charge is 0.456 e. The van der Waals surface area contributed by atoms with E-state index in [1.54, 1.807) is 0 Å². The molecule has 0 fully saturated rings. The number of hydrogen-bond donors (Lipinski definition) is 0. The van der Waals surface area contributed by atoms with Crippen LogP contribution in [-0.4, -0.2) is 15.0 Å². The van der Waals surface area contributed by atoms with Crippen LogP contribution in [0.3, 0.4) is 0 Å². The highest BCUT2D eigenvalue weighted by molar-refractivity contribution is 6.09. The van der Waals surface area contributed by atoms with E-state index in [2.05, 4.69) is 54.6 Å². The van der Waals surface area contributed by atoms with Gasteiger partial charge in [-0.2, -0.15) is 0 Å². The summed E-state index contributed by atoms with van der Waals surface area (Å²) in [6.45, 7) is 0. The molecule has 196 valence electrons. The Morgan fingerprint density at radius 1 is 0.381 bits per heavy atom. The van der Waals surface area contributed by atoms with Gasteiger partial charge in [-0.15, -0.1) is 0 Å². The maximum Gasteiger partial charge on any atom is 0.167 e. The third kappa shape index (κ3) is 3.54. The molecule has 0 aliphatic rings. The number of furan rings is 2. The van der Waals surface area contributed by atoms with Gasteiger partial charge in [0.2, 0.25) is 0 Å². The molecule has 0 saturated carbocycles. The first kappa shape index (κ1) is 22.9. The van der Waals surface area contributed by atoms with Gasteiger partial charge in [-0.05, 0) is 53.2 Å². The van der Waals surface area contributed by atoms with Crippen molar-refractivity contribution in [2.45, 2.75) is 0 Å². The van der Waals surface area contributed by atoms with Crippen LogP contribution in [0.15, 0.2) is 136 Å². The van der Waals surface area contributed by atoms with E-state index in [4.69, 9.17) is 23.8 Å². The van der Waals surface area contributed by atoms with Gasteiger partial charge in [-0.3, -0.25) is 0 Å². The van der Waals surface area contributed by atoms with Crippen LogP contribution in [0.1, 0.15) is 0 Å². The van der Waals surface area contributed by atoms with Gasteiger partial charge in [0.15, 0.2) is 17.5 Å². The van der Waals surface area contributed by atoms with E-state index in [-0.39, 0.29) is 0 Å². The Balaban J connectivity index is 1.31. The number of para-hydroxylation sites is 3. The normalized spacial score (nSPS) is 11.8. The van der Waals surface area contributed by atoms with Gasteiger partial charge in [0.1, 0.15) is 22.3 Å². The zero-order chi connectivity index (χ0) is 27.6. The third-order valence-corrected chi connectivity index (χ3v) is 7.92. The SMILES string of the molecule is c1ccc2cc(-c3nc(-c4ccc5oc6ccccc6c5c4)nc(-c4cccc5c4oc4ccccc45)n3)ccc2c1. The lowest BCUT2D eigenvalue weighted by Gasteiger charge is -2.09. The molecule has 0 radical (unpaired) electrons. The minimum absolute atomic E-state index is 0.560. The summed E-state index contributed by atoms with van der Waals surface area (Å²) in [5.74, 6) is 1.75. The van der Waals surface area contributed by atoms with Gasteiger partial charge in [-0.25, -0.2) is 15.0 Å². The number of rotatable bonds is 3. The van der Waals surface area contributed by atoms with Crippen molar-refractivity contribution in [3.63, 3.8) is 0 Å². The summed E-state index contributed by atoms with van der Waals surface area (Å²) >= 11 is 0. The van der Waals surface area contributed by atoms with Crippen molar-refractivity contribution in [1.29, 1.82) is 0 Å². The first-order valence-electron chi connectivity index (χ1n) is 13.9. The molecule has 42 heavy (non-hydrogen) atoms. The average Bonchev–Trinajstić information content (AvgIpc) is 3.62. The van der Waals surface area contributed by atoms with E-state index in [0.29, 0.717) is 17.5 Å². The van der Waals surface area contributed by atoms with Crippen LogP contribution in [0.4, 0.5) is 0 Å². The summed E-state index contributed by atoms with van der Waals surface area (Å²) in [4.78, 5) is 15.1. The van der Waals surface area contributed by atoms with E-state index < -0.39 is 0 Å². The summed E-state index contributed by atoms with van der Waals surface area (Å²) in [7, 11) is 0. The fraction of sp³-hybridized carbons (Fsp3) is 0. The Labute approximate surface area is 239 Å². The van der Waals surface area contributed by atoms with Gasteiger partial charge in [0, 0.05) is 32.7 Å². The quantitative estimate of drug-likeness (QED) is 0.224. The number of nitrogens with zero attached hydrogens (tertiary/aromatic N) is 3. The van der Waals surface area contributed by atoms with Gasteiger partial charge < -0.3 is 8.83 Å². The van der Waals surface area contributed by atoms with Gasteiger partial charge in [0.25, 0.3) is 0 Å². The molecule has 5 nitrogen and oxygen atoms in total. The van der Waals surface area contributed by atoms with Crippen LogP contribution in [0, 0.1) is 0 Å². The van der Waals surface area contributed by atoms with Gasteiger partial charge in [0.05, 0.1) is 5.56 Å². The lowest BCUT2D eigenvalue weighted by Crippen LogP contribution is -2.00. The molecule has 0 aliphatic carbocycles. The van der Waals surface area contributed by atoms with Crippen LogP contribution < -0.4 is 0 Å². The Hall–Kier alpha value is -5.81. The summed E-state index contributed by atoms with van der Waals surface area (Å²) in [5, 5.41) is 6.48. The molecule has 9 aromatic rings. The highest BCUT2D eigenvalue weighted by Crippen LogP contribution is 2.37. The molecule has 0 amide bonds. The molecule has 0 spiro atoms. The zero-order valence-electron chi connectivity index (χ0n) is 22.3. The highest BCUT2D eigenvalue weighted by Gasteiger charge is 2.18. The maximum absolute atomic E-state index is 6.37. The van der Waals surface area contributed by atoms with Crippen LogP contribution in [0.2, 0.25) is 0 Å². The van der Waals surface area contributed by atoms with E-state index in [0.717, 1.165) is 66.0 Å². The third-order valence-electron chi connectivity index (χ3n) is 7.92. The first-order chi connectivity index (χ1) is 20.8. The molecular formula is C37H21N3O2. The summed E-state index contributed by atoms with van der Waals surface area (Å²) in [6, 6.07) is 43.0. The Morgan fingerprint density at radius 2 is 0.976 bits per heavy atom. The fourth-order valence-electron chi connectivity index (χ4n) is 5.87. The van der Waals surface area contributed by atoms with Crippen LogP contribution in [-0.2, 0) is 0 Å². The van der Waals surface area contributed by atoms with Crippen molar-refractivity contribution in [3.8, 4) is 34.2 Å². The lowest BCUT2D eigenvalue weighted by atomic mass is 10.1. The van der Waals surface area contributed by atoms with Crippen molar-refractivity contribution in [2.24, 2.45) is 0 Å². The molecule has 9 rings (SSSR count). The van der Waals surface area contributed by atoms with Crippen LogP contribution in [0.5, 0.6) is 0 Å². The maximum atomic E-state index is 6.37. The Kier molecular flexibility index (Phi) is 4.83. The Bertz CT molecular complexity index is 2490. The first-order valence-corrected chi connectivity index (χ1v) is 13.9. The second kappa shape index (κ2) is 8.85. The number of aromatic nitrogens is 3. The standard InChI is InChI=1S/C37H21N3O2/c1-2-9-23-20-24(17-16-22(23)8-1)35-38-36(25-18-19-33-30(21-25)27-11-4-5-14-31(27)41-33)40-37(39-35)29-13-7-12-28-26-10-3-6-15-32(26)42-34(28)29/h1-21H. The molecule has 0 atom stereocenters.